The number of nitrogens with zero attached hydrogens (tertiary/aromatic N) is 4. The monoisotopic (exact) mass is 415 g/mol. The number of ether oxygens (including phenoxy) is 1. The van der Waals surface area contributed by atoms with Gasteiger partial charge < -0.3 is 15.0 Å². The molecule has 0 unspecified atom stereocenters. The van der Waals surface area contributed by atoms with Gasteiger partial charge in [-0.05, 0) is 46.6 Å². The fourth-order valence-electron chi connectivity index (χ4n) is 3.03. The Morgan fingerprint density at radius 3 is 2.85 bits per heavy atom. The molecule has 1 aliphatic rings. The predicted octanol–water partition coefficient (Wildman–Crippen LogP) is 3.02. The molecular formula is C18H18BrN5O2. The minimum Gasteiger partial charge on any atom is -0.378 e. The maximum Gasteiger partial charge on any atom is 0.254 e. The standard InChI is InChI=1S/C18H18BrN5O2/c1-12-10-13(2-3-14(12)18(25)23-6-8-26-9-7-23)22-16-17-21-11-15(19)24(17)5-4-20-16/h2-5,10-11H,6-9H2,1H3,(H,20,22). The summed E-state index contributed by atoms with van der Waals surface area (Å²) in [5, 5.41) is 3.29. The Morgan fingerprint density at radius 2 is 2.08 bits per heavy atom. The largest absolute Gasteiger partial charge is 0.378 e. The molecule has 0 atom stereocenters. The number of halogens is 1. The average Bonchev–Trinajstić information content (AvgIpc) is 3.04. The number of nitrogens with one attached hydrogen (secondary N) is 1. The third-order valence-corrected chi connectivity index (χ3v) is 4.99. The summed E-state index contributed by atoms with van der Waals surface area (Å²) in [6.07, 6.45) is 5.29. The van der Waals surface area contributed by atoms with Crippen LogP contribution in [-0.4, -0.2) is 51.5 Å². The Bertz CT molecular complexity index is 965. The molecule has 1 fully saturated rings. The van der Waals surface area contributed by atoms with Gasteiger partial charge in [0.2, 0.25) is 0 Å². The van der Waals surface area contributed by atoms with Crippen molar-refractivity contribution < 1.29 is 9.53 Å². The van der Waals surface area contributed by atoms with E-state index in [-0.39, 0.29) is 5.91 Å². The Kier molecular flexibility index (Phi) is 4.60. The third-order valence-electron chi connectivity index (χ3n) is 4.40. The van der Waals surface area contributed by atoms with Gasteiger partial charge in [-0.25, -0.2) is 9.97 Å². The van der Waals surface area contributed by atoms with Gasteiger partial charge >= 0.3 is 0 Å². The first-order valence-corrected chi connectivity index (χ1v) is 9.15. The van der Waals surface area contributed by atoms with E-state index in [9.17, 15) is 4.79 Å². The van der Waals surface area contributed by atoms with Gasteiger partial charge in [-0.3, -0.25) is 9.20 Å². The maximum absolute atomic E-state index is 12.7. The number of fused-ring (bicyclic) bond motifs is 1. The summed E-state index contributed by atoms with van der Waals surface area (Å²) in [7, 11) is 0. The maximum atomic E-state index is 12.7. The highest BCUT2D eigenvalue weighted by Gasteiger charge is 2.20. The molecule has 2 aromatic heterocycles. The molecule has 0 saturated carbocycles. The second kappa shape index (κ2) is 7.05. The zero-order chi connectivity index (χ0) is 18.1. The van der Waals surface area contributed by atoms with Crippen molar-refractivity contribution in [1.29, 1.82) is 0 Å². The van der Waals surface area contributed by atoms with E-state index in [1.54, 1.807) is 12.4 Å². The molecule has 0 radical (unpaired) electrons. The van der Waals surface area contributed by atoms with Crippen LogP contribution in [0.25, 0.3) is 5.65 Å². The molecule has 0 aliphatic carbocycles. The predicted molar refractivity (Wildman–Crippen MR) is 102 cm³/mol. The summed E-state index contributed by atoms with van der Waals surface area (Å²) in [6, 6.07) is 5.71. The van der Waals surface area contributed by atoms with Crippen LogP contribution in [0.3, 0.4) is 0 Å². The van der Waals surface area contributed by atoms with Crippen LogP contribution >= 0.6 is 15.9 Å². The lowest BCUT2D eigenvalue weighted by Gasteiger charge is -2.27. The van der Waals surface area contributed by atoms with Crippen molar-refractivity contribution in [3.05, 3.63) is 52.5 Å². The minimum absolute atomic E-state index is 0.0507. The number of morpholine rings is 1. The van der Waals surface area contributed by atoms with Gasteiger partial charge in [0.15, 0.2) is 11.5 Å². The van der Waals surface area contributed by atoms with Crippen molar-refractivity contribution >= 4 is 39.0 Å². The van der Waals surface area contributed by atoms with Gasteiger partial charge in [-0.2, -0.15) is 0 Å². The van der Waals surface area contributed by atoms with E-state index in [0.717, 1.165) is 21.5 Å². The van der Waals surface area contributed by atoms with E-state index in [2.05, 4.69) is 31.2 Å². The number of carbonyl (C=O) groups is 1. The van der Waals surface area contributed by atoms with Crippen molar-refractivity contribution in [1.82, 2.24) is 19.3 Å². The molecule has 4 rings (SSSR count). The number of aromatic nitrogens is 3. The summed E-state index contributed by atoms with van der Waals surface area (Å²) in [4.78, 5) is 23.3. The van der Waals surface area contributed by atoms with E-state index in [1.807, 2.05) is 40.6 Å². The van der Waals surface area contributed by atoms with Gasteiger partial charge in [0.05, 0.1) is 19.4 Å². The first-order chi connectivity index (χ1) is 12.6. The molecule has 134 valence electrons. The Labute approximate surface area is 159 Å². The lowest BCUT2D eigenvalue weighted by Crippen LogP contribution is -2.40. The van der Waals surface area contributed by atoms with Crippen LogP contribution in [0.1, 0.15) is 15.9 Å². The molecule has 1 aliphatic heterocycles. The van der Waals surface area contributed by atoms with Crippen LogP contribution in [0.5, 0.6) is 0 Å². The van der Waals surface area contributed by atoms with E-state index in [0.29, 0.717) is 37.7 Å². The number of hydrogen-bond donors (Lipinski definition) is 1. The summed E-state index contributed by atoms with van der Waals surface area (Å²) in [5.74, 6) is 0.708. The van der Waals surface area contributed by atoms with E-state index in [4.69, 9.17) is 4.74 Å². The average molecular weight is 416 g/mol. The van der Waals surface area contributed by atoms with Gasteiger partial charge in [-0.15, -0.1) is 0 Å². The van der Waals surface area contributed by atoms with E-state index in [1.165, 1.54) is 0 Å². The molecular weight excluding hydrogens is 398 g/mol. The molecule has 26 heavy (non-hydrogen) atoms. The van der Waals surface area contributed by atoms with Crippen molar-refractivity contribution in [2.75, 3.05) is 31.6 Å². The van der Waals surface area contributed by atoms with Crippen molar-refractivity contribution in [3.8, 4) is 0 Å². The van der Waals surface area contributed by atoms with Gasteiger partial charge in [0, 0.05) is 36.7 Å². The summed E-state index contributed by atoms with van der Waals surface area (Å²) < 4.78 is 8.08. The highest BCUT2D eigenvalue weighted by atomic mass is 79.9. The molecule has 1 saturated heterocycles. The van der Waals surface area contributed by atoms with Crippen LogP contribution in [0.4, 0.5) is 11.5 Å². The Hall–Kier alpha value is -2.45. The van der Waals surface area contributed by atoms with Crippen molar-refractivity contribution in [2.45, 2.75) is 6.92 Å². The highest BCUT2D eigenvalue weighted by molar-refractivity contribution is 9.10. The second-order valence-corrected chi connectivity index (χ2v) is 6.92. The molecule has 1 aromatic carbocycles. The molecule has 0 spiro atoms. The van der Waals surface area contributed by atoms with Gasteiger partial charge in [0.25, 0.3) is 5.91 Å². The Balaban J connectivity index is 1.58. The van der Waals surface area contributed by atoms with E-state index >= 15 is 0 Å². The quantitative estimate of drug-likeness (QED) is 0.711. The topological polar surface area (TPSA) is 71.8 Å². The number of benzene rings is 1. The molecule has 0 bridgehead atoms. The van der Waals surface area contributed by atoms with Gasteiger partial charge in [0.1, 0.15) is 4.60 Å². The zero-order valence-electron chi connectivity index (χ0n) is 14.3. The summed E-state index contributed by atoms with van der Waals surface area (Å²) >= 11 is 3.46. The Morgan fingerprint density at radius 1 is 1.27 bits per heavy atom. The number of aryl methyl sites for hydroxylation is 1. The second-order valence-electron chi connectivity index (χ2n) is 6.11. The number of anilines is 2. The number of carbonyl (C=O) groups excluding carboxylic acids is 1. The SMILES string of the molecule is Cc1cc(Nc2nccn3c(Br)cnc23)ccc1C(=O)N1CCOCC1. The molecule has 7 nitrogen and oxygen atoms in total. The highest BCUT2D eigenvalue weighted by Crippen LogP contribution is 2.24. The van der Waals surface area contributed by atoms with Crippen LogP contribution < -0.4 is 5.32 Å². The lowest BCUT2D eigenvalue weighted by molar-refractivity contribution is 0.0302. The van der Waals surface area contributed by atoms with Gasteiger partial charge in [-0.1, -0.05) is 0 Å². The van der Waals surface area contributed by atoms with Crippen LogP contribution in [0.15, 0.2) is 41.4 Å². The molecule has 3 heterocycles. The summed E-state index contributed by atoms with van der Waals surface area (Å²) in [6.45, 7) is 4.41. The van der Waals surface area contributed by atoms with E-state index < -0.39 is 0 Å². The normalized spacial score (nSPS) is 14.6. The first kappa shape index (κ1) is 17.0. The lowest BCUT2D eigenvalue weighted by atomic mass is 10.1. The number of imidazole rings is 1. The fourth-order valence-corrected chi connectivity index (χ4v) is 3.42. The molecule has 8 heteroatoms. The number of rotatable bonds is 3. The van der Waals surface area contributed by atoms with Crippen LogP contribution in [0.2, 0.25) is 0 Å². The first-order valence-electron chi connectivity index (χ1n) is 8.36. The number of amides is 1. The molecule has 1 N–H and O–H groups in total. The van der Waals surface area contributed by atoms with Crippen LogP contribution in [0, 0.1) is 6.92 Å². The smallest absolute Gasteiger partial charge is 0.254 e. The van der Waals surface area contributed by atoms with Crippen LogP contribution in [-0.2, 0) is 4.74 Å². The number of hydrogen-bond acceptors (Lipinski definition) is 5. The minimum atomic E-state index is 0.0507. The zero-order valence-corrected chi connectivity index (χ0v) is 15.9. The fraction of sp³-hybridized carbons (Fsp3) is 0.278. The van der Waals surface area contributed by atoms with Crippen molar-refractivity contribution in [3.63, 3.8) is 0 Å². The molecule has 3 aromatic rings. The third kappa shape index (κ3) is 3.17. The summed E-state index contributed by atoms with van der Waals surface area (Å²) in [5.41, 5.74) is 3.22. The molecule has 1 amide bonds. The van der Waals surface area contributed by atoms with Crippen molar-refractivity contribution in [2.24, 2.45) is 0 Å².